The molecule has 4 heteroatoms. The summed E-state index contributed by atoms with van der Waals surface area (Å²) >= 11 is 0. The smallest absolute Gasteiger partial charge is 0.227 e. The summed E-state index contributed by atoms with van der Waals surface area (Å²) in [5.74, 6) is 0.498. The lowest BCUT2D eigenvalue weighted by molar-refractivity contribution is -0.141. The zero-order valence-electron chi connectivity index (χ0n) is 15.5. The van der Waals surface area contributed by atoms with Gasteiger partial charge in [0, 0.05) is 35.8 Å². The highest BCUT2D eigenvalue weighted by Gasteiger charge is 2.49. The number of piperidine rings is 1. The molecule has 132 valence electrons. The molecule has 0 spiro atoms. The van der Waals surface area contributed by atoms with Crippen LogP contribution in [0.25, 0.3) is 0 Å². The van der Waals surface area contributed by atoms with Crippen molar-refractivity contribution in [3.05, 3.63) is 30.1 Å². The summed E-state index contributed by atoms with van der Waals surface area (Å²) in [6.45, 7) is 12.0. The van der Waals surface area contributed by atoms with Gasteiger partial charge in [-0.2, -0.15) is 0 Å². The Balaban J connectivity index is 1.83. The topological polar surface area (TPSA) is 23.6 Å². The molecule has 2 fully saturated rings. The molecule has 0 aliphatic carbocycles. The van der Waals surface area contributed by atoms with Crippen LogP contribution in [-0.4, -0.2) is 35.5 Å². The number of hydrogen-bond donors (Lipinski definition) is 0. The molecule has 2 aliphatic heterocycles. The molecule has 0 radical (unpaired) electrons. The highest BCUT2D eigenvalue weighted by molar-refractivity contribution is 5.81. The number of amides is 1. The van der Waals surface area contributed by atoms with Crippen LogP contribution in [0.4, 0.5) is 10.1 Å². The van der Waals surface area contributed by atoms with E-state index in [1.54, 1.807) is 12.1 Å². The van der Waals surface area contributed by atoms with Crippen molar-refractivity contribution >= 4 is 11.6 Å². The fraction of sp³-hybridized carbons (Fsp3) is 0.650. The summed E-state index contributed by atoms with van der Waals surface area (Å²) < 4.78 is 13.7. The van der Waals surface area contributed by atoms with Crippen molar-refractivity contribution < 1.29 is 9.18 Å². The normalized spacial score (nSPS) is 26.4. The maximum absolute atomic E-state index is 13.7. The third-order valence-corrected chi connectivity index (χ3v) is 5.45. The highest BCUT2D eigenvalue weighted by Crippen LogP contribution is 2.45. The summed E-state index contributed by atoms with van der Waals surface area (Å²) in [7, 11) is 0. The van der Waals surface area contributed by atoms with Gasteiger partial charge in [-0.3, -0.25) is 4.79 Å². The third kappa shape index (κ3) is 3.03. The van der Waals surface area contributed by atoms with Crippen LogP contribution in [0.15, 0.2) is 24.3 Å². The van der Waals surface area contributed by atoms with Gasteiger partial charge in [0.2, 0.25) is 5.91 Å². The molecule has 0 aromatic heterocycles. The lowest BCUT2D eigenvalue weighted by Crippen LogP contribution is -2.52. The number of anilines is 1. The fourth-order valence-electron chi connectivity index (χ4n) is 4.57. The summed E-state index contributed by atoms with van der Waals surface area (Å²) in [6.07, 6.45) is 1.98. The Morgan fingerprint density at radius 3 is 2.62 bits per heavy atom. The quantitative estimate of drug-likeness (QED) is 0.774. The van der Waals surface area contributed by atoms with Crippen molar-refractivity contribution in [1.29, 1.82) is 0 Å². The number of likely N-dealkylation sites (tertiary alicyclic amines) is 1. The molecule has 24 heavy (non-hydrogen) atoms. The first-order valence-electron chi connectivity index (χ1n) is 8.94. The molecule has 0 saturated carbocycles. The average molecular weight is 332 g/mol. The number of nitrogens with zero attached hydrogens (tertiary/aromatic N) is 2. The molecule has 1 aromatic rings. The minimum Gasteiger partial charge on any atom is -0.363 e. The van der Waals surface area contributed by atoms with E-state index in [-0.39, 0.29) is 22.7 Å². The molecule has 0 bridgehead atoms. The van der Waals surface area contributed by atoms with E-state index in [2.05, 4.69) is 18.7 Å². The molecule has 1 amide bonds. The average Bonchev–Trinajstić information content (AvgIpc) is 2.74. The maximum Gasteiger partial charge on any atom is 0.227 e. The SMILES string of the molecule is CC(C)(C)C(=O)N1CC[C@H]2[C@@H](C1)CC(C)(C)N2c1cccc(F)c1. The van der Waals surface area contributed by atoms with E-state index in [1.807, 2.05) is 31.7 Å². The van der Waals surface area contributed by atoms with Gasteiger partial charge in [0.25, 0.3) is 0 Å². The number of halogens is 1. The van der Waals surface area contributed by atoms with E-state index in [0.29, 0.717) is 12.0 Å². The van der Waals surface area contributed by atoms with Crippen LogP contribution in [0.1, 0.15) is 47.5 Å². The molecular weight excluding hydrogens is 303 g/mol. The number of benzene rings is 1. The van der Waals surface area contributed by atoms with Gasteiger partial charge in [-0.15, -0.1) is 0 Å². The Bertz CT molecular complexity index is 635. The van der Waals surface area contributed by atoms with E-state index in [1.165, 1.54) is 6.07 Å². The fourth-order valence-corrected chi connectivity index (χ4v) is 4.57. The van der Waals surface area contributed by atoms with Crippen molar-refractivity contribution in [3.8, 4) is 0 Å². The first-order chi connectivity index (χ1) is 11.1. The summed E-state index contributed by atoms with van der Waals surface area (Å²) in [5, 5.41) is 0. The number of rotatable bonds is 1. The minimum atomic E-state index is -0.330. The van der Waals surface area contributed by atoms with Gasteiger partial charge in [0.05, 0.1) is 0 Å². The molecule has 1 aromatic carbocycles. The number of carbonyl (C=O) groups is 1. The van der Waals surface area contributed by atoms with Gasteiger partial charge >= 0.3 is 0 Å². The first-order valence-corrected chi connectivity index (χ1v) is 8.94. The van der Waals surface area contributed by atoms with E-state index >= 15 is 0 Å². The van der Waals surface area contributed by atoms with Crippen molar-refractivity contribution in [2.75, 3.05) is 18.0 Å². The van der Waals surface area contributed by atoms with Crippen LogP contribution in [0.5, 0.6) is 0 Å². The highest BCUT2D eigenvalue weighted by atomic mass is 19.1. The third-order valence-electron chi connectivity index (χ3n) is 5.45. The first kappa shape index (κ1) is 17.2. The lowest BCUT2D eigenvalue weighted by atomic mass is 9.87. The van der Waals surface area contributed by atoms with E-state index in [4.69, 9.17) is 0 Å². The number of carbonyl (C=O) groups excluding carboxylic acids is 1. The molecule has 0 unspecified atom stereocenters. The minimum absolute atomic E-state index is 0.0239. The second kappa shape index (κ2) is 5.75. The van der Waals surface area contributed by atoms with Crippen molar-refractivity contribution in [3.63, 3.8) is 0 Å². The molecule has 2 aliphatic rings. The van der Waals surface area contributed by atoms with Crippen LogP contribution in [-0.2, 0) is 4.79 Å². The van der Waals surface area contributed by atoms with Crippen molar-refractivity contribution in [1.82, 2.24) is 4.90 Å². The van der Waals surface area contributed by atoms with Crippen molar-refractivity contribution in [2.45, 2.75) is 59.0 Å². The van der Waals surface area contributed by atoms with E-state index in [9.17, 15) is 9.18 Å². The summed E-state index contributed by atoms with van der Waals surface area (Å²) in [4.78, 5) is 17.1. The number of hydrogen-bond acceptors (Lipinski definition) is 2. The van der Waals surface area contributed by atoms with Crippen LogP contribution in [0, 0.1) is 17.2 Å². The van der Waals surface area contributed by atoms with E-state index in [0.717, 1.165) is 31.6 Å². The molecular formula is C20H29FN2O. The van der Waals surface area contributed by atoms with Crippen LogP contribution < -0.4 is 4.90 Å². The number of fused-ring (bicyclic) bond motifs is 1. The predicted octanol–water partition coefficient (Wildman–Crippen LogP) is 4.08. The van der Waals surface area contributed by atoms with E-state index < -0.39 is 0 Å². The van der Waals surface area contributed by atoms with Gasteiger partial charge in [-0.1, -0.05) is 26.8 Å². The molecule has 3 rings (SSSR count). The Kier molecular flexibility index (Phi) is 4.13. The standard InChI is InChI=1S/C20H29FN2O/c1-19(2,3)18(24)22-10-9-17-14(13-22)12-20(4,5)23(17)16-8-6-7-15(21)11-16/h6-8,11,14,17H,9-10,12-13H2,1-5H3/t14-,17+/m1/s1. The Labute approximate surface area is 144 Å². The van der Waals surface area contributed by atoms with Gasteiger partial charge in [0.15, 0.2) is 0 Å². The molecule has 2 saturated heterocycles. The van der Waals surface area contributed by atoms with Crippen molar-refractivity contribution in [2.24, 2.45) is 11.3 Å². The van der Waals surface area contributed by atoms with Gasteiger partial charge in [-0.25, -0.2) is 4.39 Å². The molecule has 2 atom stereocenters. The van der Waals surface area contributed by atoms with Gasteiger partial charge in [-0.05, 0) is 50.8 Å². The Morgan fingerprint density at radius 2 is 2.00 bits per heavy atom. The lowest BCUT2D eigenvalue weighted by Gasteiger charge is -2.43. The monoisotopic (exact) mass is 332 g/mol. The molecule has 0 N–H and O–H groups in total. The van der Waals surface area contributed by atoms with Crippen LogP contribution in [0.2, 0.25) is 0 Å². The second-order valence-electron chi connectivity index (χ2n) is 8.98. The van der Waals surface area contributed by atoms with Crippen LogP contribution in [0.3, 0.4) is 0 Å². The predicted molar refractivity (Wildman–Crippen MR) is 95.5 cm³/mol. The second-order valence-corrected chi connectivity index (χ2v) is 8.98. The largest absolute Gasteiger partial charge is 0.363 e. The zero-order chi connectivity index (χ0) is 17.7. The molecule has 3 nitrogen and oxygen atoms in total. The van der Waals surface area contributed by atoms with Crippen LogP contribution >= 0.6 is 0 Å². The summed E-state index contributed by atoms with van der Waals surface area (Å²) in [5.41, 5.74) is 0.607. The summed E-state index contributed by atoms with van der Waals surface area (Å²) in [6, 6.07) is 7.29. The maximum atomic E-state index is 13.7. The molecule has 2 heterocycles. The Hall–Kier alpha value is -1.58. The van der Waals surface area contributed by atoms with Gasteiger partial charge in [0.1, 0.15) is 5.82 Å². The zero-order valence-corrected chi connectivity index (χ0v) is 15.5. The Morgan fingerprint density at radius 1 is 1.29 bits per heavy atom. The van der Waals surface area contributed by atoms with Gasteiger partial charge < -0.3 is 9.80 Å².